The van der Waals surface area contributed by atoms with Crippen molar-refractivity contribution in [1.29, 1.82) is 0 Å². The predicted molar refractivity (Wildman–Crippen MR) is 94.1 cm³/mol. The molecule has 6 nitrogen and oxygen atoms in total. The van der Waals surface area contributed by atoms with E-state index in [1.807, 2.05) is 19.1 Å². The van der Waals surface area contributed by atoms with Gasteiger partial charge >= 0.3 is 5.97 Å². The molecule has 0 bridgehead atoms. The van der Waals surface area contributed by atoms with Crippen molar-refractivity contribution >= 4 is 23.5 Å². The Labute approximate surface area is 146 Å². The van der Waals surface area contributed by atoms with Crippen molar-refractivity contribution in [2.75, 3.05) is 11.9 Å². The van der Waals surface area contributed by atoms with Gasteiger partial charge in [0.1, 0.15) is 0 Å². The number of anilines is 1. The second-order valence-corrected chi connectivity index (χ2v) is 5.60. The Morgan fingerprint density at radius 3 is 2.20 bits per heavy atom. The van der Waals surface area contributed by atoms with Gasteiger partial charge in [-0.15, -0.1) is 0 Å². The van der Waals surface area contributed by atoms with Crippen LogP contribution in [0, 0.1) is 6.92 Å². The molecule has 0 saturated heterocycles. The third-order valence-corrected chi connectivity index (χ3v) is 3.40. The second-order valence-electron chi connectivity index (χ2n) is 5.60. The number of nitrogens with one attached hydrogen (secondary N) is 2. The van der Waals surface area contributed by atoms with Gasteiger partial charge in [-0.2, -0.15) is 0 Å². The Kier molecular flexibility index (Phi) is 6.28. The molecule has 0 fully saturated rings. The standard InChI is InChI=1S/C19H20N2O4/c1-13-3-9-17(10-4-13)21-18(23)12-25-19(24)16-7-5-15(6-8-16)11-20-14(2)22/h3-10H,11-12H2,1-2H3,(H,20,22)(H,21,23). The van der Waals surface area contributed by atoms with Gasteiger partial charge in [0.2, 0.25) is 5.91 Å². The number of rotatable bonds is 6. The lowest BCUT2D eigenvalue weighted by Crippen LogP contribution is -2.21. The summed E-state index contributed by atoms with van der Waals surface area (Å²) in [6, 6.07) is 14.0. The molecule has 2 aromatic rings. The van der Waals surface area contributed by atoms with Crippen LogP contribution in [0.4, 0.5) is 5.69 Å². The Hall–Kier alpha value is -3.15. The van der Waals surface area contributed by atoms with Crippen LogP contribution in [0.1, 0.15) is 28.4 Å². The van der Waals surface area contributed by atoms with Gasteiger partial charge in [0, 0.05) is 19.2 Å². The summed E-state index contributed by atoms with van der Waals surface area (Å²) in [5.74, 6) is -1.10. The molecule has 0 saturated carbocycles. The summed E-state index contributed by atoms with van der Waals surface area (Å²) in [6.07, 6.45) is 0. The van der Waals surface area contributed by atoms with Crippen molar-refractivity contribution in [1.82, 2.24) is 5.32 Å². The van der Waals surface area contributed by atoms with Crippen LogP contribution in [0.5, 0.6) is 0 Å². The molecule has 0 radical (unpaired) electrons. The number of esters is 1. The van der Waals surface area contributed by atoms with E-state index in [2.05, 4.69) is 10.6 Å². The zero-order chi connectivity index (χ0) is 18.2. The first kappa shape index (κ1) is 18.2. The largest absolute Gasteiger partial charge is 0.452 e. The molecular formula is C19H20N2O4. The Morgan fingerprint density at radius 2 is 1.60 bits per heavy atom. The van der Waals surface area contributed by atoms with Crippen LogP contribution >= 0.6 is 0 Å². The summed E-state index contributed by atoms with van der Waals surface area (Å²) in [5.41, 5.74) is 2.94. The van der Waals surface area contributed by atoms with Crippen LogP contribution < -0.4 is 10.6 Å². The zero-order valence-corrected chi connectivity index (χ0v) is 14.2. The van der Waals surface area contributed by atoms with Crippen molar-refractivity contribution < 1.29 is 19.1 Å². The van der Waals surface area contributed by atoms with E-state index in [0.717, 1.165) is 11.1 Å². The normalized spacial score (nSPS) is 10.0. The maximum atomic E-state index is 12.0. The Balaban J connectivity index is 1.81. The molecule has 130 valence electrons. The van der Waals surface area contributed by atoms with Crippen LogP contribution in [-0.4, -0.2) is 24.4 Å². The number of carbonyl (C=O) groups is 3. The summed E-state index contributed by atoms with van der Waals surface area (Å²) < 4.78 is 5.00. The smallest absolute Gasteiger partial charge is 0.338 e. The summed E-state index contributed by atoms with van der Waals surface area (Å²) >= 11 is 0. The summed E-state index contributed by atoms with van der Waals surface area (Å²) in [5, 5.41) is 5.33. The van der Waals surface area contributed by atoms with Crippen molar-refractivity contribution in [3.8, 4) is 0 Å². The average Bonchev–Trinajstić information content (AvgIpc) is 2.60. The highest BCUT2D eigenvalue weighted by molar-refractivity contribution is 5.95. The molecule has 2 amide bonds. The maximum Gasteiger partial charge on any atom is 0.338 e. The van der Waals surface area contributed by atoms with Crippen molar-refractivity contribution in [2.45, 2.75) is 20.4 Å². The molecule has 0 heterocycles. The van der Waals surface area contributed by atoms with Crippen LogP contribution in [0.2, 0.25) is 0 Å². The summed E-state index contributed by atoms with van der Waals surface area (Å²) in [4.78, 5) is 34.6. The third kappa shape index (κ3) is 6.10. The first-order valence-corrected chi connectivity index (χ1v) is 7.81. The quantitative estimate of drug-likeness (QED) is 0.791. The van der Waals surface area contributed by atoms with Gasteiger partial charge in [0.25, 0.3) is 5.91 Å². The van der Waals surface area contributed by atoms with E-state index < -0.39 is 11.9 Å². The van der Waals surface area contributed by atoms with E-state index in [9.17, 15) is 14.4 Å². The molecule has 0 aliphatic carbocycles. The van der Waals surface area contributed by atoms with E-state index in [1.165, 1.54) is 6.92 Å². The topological polar surface area (TPSA) is 84.5 Å². The fourth-order valence-electron chi connectivity index (χ4n) is 2.03. The van der Waals surface area contributed by atoms with Crippen LogP contribution in [0.25, 0.3) is 0 Å². The molecule has 0 spiro atoms. The highest BCUT2D eigenvalue weighted by Crippen LogP contribution is 2.09. The molecule has 6 heteroatoms. The van der Waals surface area contributed by atoms with Gasteiger partial charge in [-0.05, 0) is 36.8 Å². The lowest BCUT2D eigenvalue weighted by Gasteiger charge is -2.08. The van der Waals surface area contributed by atoms with Gasteiger partial charge in [-0.1, -0.05) is 29.8 Å². The first-order chi connectivity index (χ1) is 11.9. The van der Waals surface area contributed by atoms with E-state index in [0.29, 0.717) is 17.8 Å². The minimum atomic E-state index is -0.579. The summed E-state index contributed by atoms with van der Waals surface area (Å²) in [7, 11) is 0. The van der Waals surface area contributed by atoms with Crippen LogP contribution in [0.15, 0.2) is 48.5 Å². The lowest BCUT2D eigenvalue weighted by molar-refractivity contribution is -0.119. The SMILES string of the molecule is CC(=O)NCc1ccc(C(=O)OCC(=O)Nc2ccc(C)cc2)cc1. The minimum absolute atomic E-state index is 0.122. The number of carbonyl (C=O) groups excluding carboxylic acids is 3. The van der Waals surface area contributed by atoms with E-state index in [4.69, 9.17) is 4.74 Å². The molecule has 0 aromatic heterocycles. The Bertz CT molecular complexity index is 752. The second kappa shape index (κ2) is 8.63. The monoisotopic (exact) mass is 340 g/mol. The van der Waals surface area contributed by atoms with E-state index in [-0.39, 0.29) is 12.5 Å². The number of hydrogen-bond donors (Lipinski definition) is 2. The summed E-state index contributed by atoms with van der Waals surface area (Å²) in [6.45, 7) is 3.42. The molecular weight excluding hydrogens is 320 g/mol. The molecule has 2 N–H and O–H groups in total. The van der Waals surface area contributed by atoms with Crippen LogP contribution in [-0.2, 0) is 20.9 Å². The van der Waals surface area contributed by atoms with Crippen LogP contribution in [0.3, 0.4) is 0 Å². The van der Waals surface area contributed by atoms with Gasteiger partial charge in [-0.3, -0.25) is 9.59 Å². The van der Waals surface area contributed by atoms with Crippen molar-refractivity contribution in [2.24, 2.45) is 0 Å². The fraction of sp³-hybridized carbons (Fsp3) is 0.211. The minimum Gasteiger partial charge on any atom is -0.452 e. The molecule has 0 unspecified atom stereocenters. The molecule has 0 aliphatic rings. The van der Waals surface area contributed by atoms with Gasteiger partial charge < -0.3 is 15.4 Å². The fourth-order valence-corrected chi connectivity index (χ4v) is 2.03. The molecule has 2 aromatic carbocycles. The van der Waals surface area contributed by atoms with Gasteiger partial charge in [0.15, 0.2) is 6.61 Å². The third-order valence-electron chi connectivity index (χ3n) is 3.40. The molecule has 25 heavy (non-hydrogen) atoms. The molecule has 0 atom stereocenters. The highest BCUT2D eigenvalue weighted by atomic mass is 16.5. The van der Waals surface area contributed by atoms with E-state index in [1.54, 1.807) is 36.4 Å². The van der Waals surface area contributed by atoms with Crippen molar-refractivity contribution in [3.63, 3.8) is 0 Å². The number of ether oxygens (including phenoxy) is 1. The predicted octanol–water partition coefficient (Wildman–Crippen LogP) is 2.43. The lowest BCUT2D eigenvalue weighted by atomic mass is 10.1. The maximum absolute atomic E-state index is 12.0. The average molecular weight is 340 g/mol. The van der Waals surface area contributed by atoms with E-state index >= 15 is 0 Å². The molecule has 2 rings (SSSR count). The van der Waals surface area contributed by atoms with Gasteiger partial charge in [0.05, 0.1) is 5.56 Å². The number of hydrogen-bond acceptors (Lipinski definition) is 4. The first-order valence-electron chi connectivity index (χ1n) is 7.81. The van der Waals surface area contributed by atoms with Crippen molar-refractivity contribution in [3.05, 3.63) is 65.2 Å². The Morgan fingerprint density at radius 1 is 0.960 bits per heavy atom. The zero-order valence-electron chi connectivity index (χ0n) is 14.2. The molecule has 0 aliphatic heterocycles. The highest BCUT2D eigenvalue weighted by Gasteiger charge is 2.10. The number of aryl methyl sites for hydroxylation is 1. The number of amides is 2. The number of benzene rings is 2. The van der Waals surface area contributed by atoms with Gasteiger partial charge in [-0.25, -0.2) is 4.79 Å².